The Balaban J connectivity index is 1.52. The van der Waals surface area contributed by atoms with Gasteiger partial charge in [-0.15, -0.1) is 0 Å². The zero-order valence-electron chi connectivity index (χ0n) is 25.3. The highest BCUT2D eigenvalue weighted by molar-refractivity contribution is 8.02. The number of hydrogen-bond acceptors (Lipinski definition) is 12. The Morgan fingerprint density at radius 3 is 0.907 bits per heavy atom. The van der Waals surface area contributed by atoms with Crippen molar-refractivity contribution in [2.45, 2.75) is 30.2 Å². The Kier molecular flexibility index (Phi) is 18.1. The predicted octanol–water partition coefficient (Wildman–Crippen LogP) is 7.37. The minimum absolute atomic E-state index is 0.0535. The second-order valence-electron chi connectivity index (χ2n) is 11.4. The summed E-state index contributed by atoms with van der Waals surface area (Å²) in [5.74, 6) is 14.5. The van der Waals surface area contributed by atoms with E-state index in [9.17, 15) is 0 Å². The summed E-state index contributed by atoms with van der Waals surface area (Å²) < 4.78 is 27.8. The van der Waals surface area contributed by atoms with Gasteiger partial charge in [-0.05, 0) is 0 Å². The lowest BCUT2D eigenvalue weighted by Crippen LogP contribution is -2.53. The molecule has 43 heavy (non-hydrogen) atoms. The summed E-state index contributed by atoms with van der Waals surface area (Å²) in [5, 5.41) is 0. The van der Waals surface area contributed by atoms with Gasteiger partial charge in [-0.3, -0.25) is 0 Å². The van der Waals surface area contributed by atoms with E-state index in [4.69, 9.17) is 18.9 Å². The van der Waals surface area contributed by atoms with Crippen LogP contribution in [0.25, 0.3) is 0 Å². The summed E-state index contributed by atoms with van der Waals surface area (Å²) in [7, 11) is 0. The molecule has 0 aromatic carbocycles. The maximum absolute atomic E-state index is 7.14. The minimum atomic E-state index is -0.966. The fraction of sp³-hybridized carbons (Fsp3) is 0.742. The number of hydrogen-bond donors (Lipinski definition) is 0. The standard InChI is InChI=1S/C31H48O4S8/c1-23-5-36-13-27(14-37-6-23)32-21-31(34-29-17-40-9-25(3)10-41-18-29,35-30-19-42-11-26(4)12-43-20-30)22-33-28-15-38-7-24(2)8-39-16-28/h27-30H,1-22H2. The van der Waals surface area contributed by atoms with Crippen LogP contribution >= 0.6 is 94.1 Å². The maximum Gasteiger partial charge on any atom is 0.216 e. The van der Waals surface area contributed by atoms with Crippen LogP contribution in [0, 0.1) is 0 Å². The predicted molar refractivity (Wildman–Crippen MR) is 207 cm³/mol. The van der Waals surface area contributed by atoms with Crippen LogP contribution in [0.4, 0.5) is 0 Å². The molecule has 0 radical (unpaired) electrons. The lowest BCUT2D eigenvalue weighted by atomic mass is 10.2. The molecule has 4 rings (SSSR count). The maximum atomic E-state index is 7.14. The van der Waals surface area contributed by atoms with Gasteiger partial charge < -0.3 is 18.9 Å². The van der Waals surface area contributed by atoms with Crippen LogP contribution in [0.2, 0.25) is 0 Å². The van der Waals surface area contributed by atoms with Gasteiger partial charge in [-0.1, -0.05) is 48.6 Å². The summed E-state index contributed by atoms with van der Waals surface area (Å²) in [4.78, 5) is 0. The third kappa shape index (κ3) is 14.7. The highest BCUT2D eigenvalue weighted by Crippen LogP contribution is 2.32. The molecule has 4 aliphatic heterocycles. The van der Waals surface area contributed by atoms with E-state index in [1.807, 2.05) is 94.1 Å². The summed E-state index contributed by atoms with van der Waals surface area (Å²) in [5.41, 5.74) is 5.23. The smallest absolute Gasteiger partial charge is 0.216 e. The molecule has 0 N–H and O–H groups in total. The van der Waals surface area contributed by atoms with Crippen LogP contribution in [-0.4, -0.2) is 135 Å². The fourth-order valence-electron chi connectivity index (χ4n) is 4.67. The van der Waals surface area contributed by atoms with Crippen LogP contribution in [-0.2, 0) is 18.9 Å². The summed E-state index contributed by atoms with van der Waals surface area (Å²) in [6.07, 6.45) is 0.388. The van der Waals surface area contributed by atoms with Gasteiger partial charge in [0, 0.05) is 92.0 Å². The zero-order chi connectivity index (χ0) is 30.3. The molecular formula is C31H48O4S8. The van der Waals surface area contributed by atoms with Gasteiger partial charge in [0.2, 0.25) is 5.79 Å². The Morgan fingerprint density at radius 2 is 0.651 bits per heavy atom. The van der Waals surface area contributed by atoms with Crippen molar-refractivity contribution in [3.8, 4) is 0 Å². The molecule has 4 saturated heterocycles. The molecule has 244 valence electrons. The van der Waals surface area contributed by atoms with Crippen LogP contribution in [0.15, 0.2) is 48.6 Å². The first-order chi connectivity index (χ1) is 20.9. The van der Waals surface area contributed by atoms with Crippen molar-refractivity contribution >= 4 is 94.1 Å². The quantitative estimate of drug-likeness (QED) is 0.166. The van der Waals surface area contributed by atoms with Crippen molar-refractivity contribution in [1.29, 1.82) is 0 Å². The van der Waals surface area contributed by atoms with Gasteiger partial charge in [-0.2, -0.15) is 94.1 Å². The van der Waals surface area contributed by atoms with E-state index >= 15 is 0 Å². The third-order valence-electron chi connectivity index (χ3n) is 6.72. The average Bonchev–Trinajstić information content (AvgIpc) is 2.93. The van der Waals surface area contributed by atoms with Crippen molar-refractivity contribution in [3.63, 3.8) is 0 Å². The minimum Gasteiger partial charge on any atom is -0.371 e. The van der Waals surface area contributed by atoms with Crippen LogP contribution in [0.1, 0.15) is 0 Å². The second-order valence-corrected chi connectivity index (χ2v) is 19.6. The third-order valence-corrected chi connectivity index (χ3v) is 16.5. The largest absolute Gasteiger partial charge is 0.371 e. The Bertz CT molecular complexity index is 798. The van der Waals surface area contributed by atoms with Crippen LogP contribution < -0.4 is 0 Å². The molecular weight excluding hydrogens is 693 g/mol. The SMILES string of the molecule is C=C1CSCC(OCC(COC2CSCC(=C)CSC2)(OC2CSCC(=C)CSC2)OC2CSCC(=C)CSC2)CSC1. The van der Waals surface area contributed by atoms with Crippen molar-refractivity contribution in [3.05, 3.63) is 48.6 Å². The van der Waals surface area contributed by atoms with Crippen molar-refractivity contribution in [2.24, 2.45) is 0 Å². The van der Waals surface area contributed by atoms with Gasteiger partial charge >= 0.3 is 0 Å². The van der Waals surface area contributed by atoms with Crippen LogP contribution in [0.5, 0.6) is 0 Å². The van der Waals surface area contributed by atoms with E-state index in [-0.39, 0.29) is 24.4 Å². The van der Waals surface area contributed by atoms with Crippen molar-refractivity contribution < 1.29 is 18.9 Å². The Labute approximate surface area is 294 Å². The molecule has 0 aromatic rings. The number of thioether (sulfide) groups is 8. The lowest BCUT2D eigenvalue weighted by molar-refractivity contribution is -0.309. The van der Waals surface area contributed by atoms with Gasteiger partial charge in [0.05, 0.1) is 24.4 Å². The first-order valence-corrected chi connectivity index (χ1v) is 24.0. The molecule has 0 aromatic heterocycles. The topological polar surface area (TPSA) is 36.9 Å². The van der Waals surface area contributed by atoms with Crippen LogP contribution in [0.3, 0.4) is 0 Å². The molecule has 12 heteroatoms. The molecule has 0 spiro atoms. The van der Waals surface area contributed by atoms with Crippen molar-refractivity contribution in [1.82, 2.24) is 0 Å². The summed E-state index contributed by atoms with van der Waals surface area (Å²) in [6.45, 7) is 17.7. The van der Waals surface area contributed by atoms with Crippen molar-refractivity contribution in [2.75, 3.05) is 105 Å². The van der Waals surface area contributed by atoms with Gasteiger partial charge in [0.25, 0.3) is 0 Å². The Hall–Kier alpha value is 1.60. The summed E-state index contributed by atoms with van der Waals surface area (Å²) in [6, 6.07) is 0. The Morgan fingerprint density at radius 1 is 0.419 bits per heavy atom. The molecule has 4 aliphatic rings. The fourth-order valence-corrected chi connectivity index (χ4v) is 13.6. The van der Waals surface area contributed by atoms with E-state index in [0.29, 0.717) is 13.2 Å². The molecule has 0 aliphatic carbocycles. The van der Waals surface area contributed by atoms with Gasteiger partial charge in [0.15, 0.2) is 0 Å². The molecule has 0 atom stereocenters. The van der Waals surface area contributed by atoms with Gasteiger partial charge in [-0.25, -0.2) is 0 Å². The summed E-state index contributed by atoms with van der Waals surface area (Å²) >= 11 is 15.4. The lowest BCUT2D eigenvalue weighted by Gasteiger charge is -2.41. The average molecular weight is 741 g/mol. The highest BCUT2D eigenvalue weighted by atomic mass is 32.2. The number of rotatable bonds is 10. The first-order valence-electron chi connectivity index (χ1n) is 14.8. The van der Waals surface area contributed by atoms with E-state index < -0.39 is 5.79 Å². The molecule has 4 fully saturated rings. The molecule has 4 nitrogen and oxygen atoms in total. The second kappa shape index (κ2) is 20.9. The first kappa shape index (κ1) is 37.4. The number of ether oxygens (including phenoxy) is 4. The molecule has 0 saturated carbocycles. The molecule has 4 heterocycles. The van der Waals surface area contributed by atoms with E-state index in [1.54, 1.807) is 0 Å². The molecule has 0 amide bonds. The monoisotopic (exact) mass is 740 g/mol. The zero-order valence-corrected chi connectivity index (χ0v) is 31.8. The van der Waals surface area contributed by atoms with Gasteiger partial charge in [0.1, 0.15) is 13.2 Å². The molecule has 0 bridgehead atoms. The van der Waals surface area contributed by atoms with E-state index in [0.717, 1.165) is 92.0 Å². The van der Waals surface area contributed by atoms with E-state index in [1.165, 1.54) is 22.3 Å². The normalized spacial score (nSPS) is 24.7. The van der Waals surface area contributed by atoms with E-state index in [2.05, 4.69) is 26.3 Å². The molecule has 0 unspecified atom stereocenters. The highest BCUT2D eigenvalue weighted by Gasteiger charge is 2.41.